The van der Waals surface area contributed by atoms with E-state index in [4.69, 9.17) is 0 Å². The molecule has 23 rings (SSSR count). The molecule has 0 saturated carbocycles. The molecule has 4 aromatic heterocycles. The van der Waals surface area contributed by atoms with Gasteiger partial charge in [-0.3, -0.25) is 0 Å². The molecule has 0 unspecified atom stereocenters. The molecule has 19 aromatic carbocycles. The van der Waals surface area contributed by atoms with Gasteiger partial charge in [0.2, 0.25) is 0 Å². The van der Waals surface area contributed by atoms with Crippen molar-refractivity contribution in [2.75, 3.05) is 0 Å². The Labute approximate surface area is 704 Å². The highest BCUT2D eigenvalue weighted by Crippen LogP contribution is 2.54. The van der Waals surface area contributed by atoms with Crippen molar-refractivity contribution in [3.05, 3.63) is 375 Å². The first-order valence-electron chi connectivity index (χ1n) is 41.2. The normalized spacial score (nSPS) is 12.3. The average Bonchev–Trinajstić information content (AvgIpc) is 1.24. The first kappa shape index (κ1) is 73.3. The van der Waals surface area contributed by atoms with Crippen molar-refractivity contribution in [3.8, 4) is 66.8 Å². The summed E-state index contributed by atoms with van der Waals surface area (Å²) in [4.78, 5) is 0. The minimum atomic E-state index is 0.0341. The number of benzene rings is 19. The zero-order valence-corrected chi connectivity index (χ0v) is 71.0. The maximum absolute atomic E-state index is 2.48. The lowest BCUT2D eigenvalue weighted by Gasteiger charge is -2.23. The van der Waals surface area contributed by atoms with E-state index < -0.39 is 0 Å². The lowest BCUT2D eigenvalue weighted by atomic mass is 9.81. The van der Waals surface area contributed by atoms with Crippen LogP contribution in [0.4, 0.5) is 0 Å². The number of thiophene rings is 4. The molecular weight excluding hydrogens is 1500 g/mol. The molecule has 0 spiro atoms. The Morgan fingerprint density at radius 2 is 0.364 bits per heavy atom. The third-order valence-electron chi connectivity index (χ3n) is 24.5. The van der Waals surface area contributed by atoms with Crippen LogP contribution >= 0.6 is 45.3 Å². The molecule has 4 heteroatoms. The molecule has 566 valence electrons. The summed E-state index contributed by atoms with van der Waals surface area (Å²) in [6.07, 6.45) is 0. The summed E-state index contributed by atoms with van der Waals surface area (Å²) in [6.45, 7) is 20.7. The Balaban J connectivity index is 0.000000111. The highest BCUT2D eigenvalue weighted by atomic mass is 32.1. The van der Waals surface area contributed by atoms with Crippen molar-refractivity contribution >= 4 is 191 Å². The van der Waals surface area contributed by atoms with Crippen LogP contribution in [0.3, 0.4) is 0 Å². The van der Waals surface area contributed by atoms with Crippen LogP contribution in [-0.4, -0.2) is 0 Å². The van der Waals surface area contributed by atoms with Gasteiger partial charge in [0.05, 0.1) is 0 Å². The average molecular weight is 1580 g/mol. The van der Waals surface area contributed by atoms with E-state index in [0.717, 1.165) is 0 Å². The Hall–Kier alpha value is -12.4. The van der Waals surface area contributed by atoms with Crippen molar-refractivity contribution < 1.29 is 0 Å². The van der Waals surface area contributed by atoms with E-state index >= 15 is 0 Å². The second-order valence-electron chi connectivity index (χ2n) is 34.8. The van der Waals surface area contributed by atoms with Crippen molar-refractivity contribution in [2.24, 2.45) is 0 Å². The van der Waals surface area contributed by atoms with Crippen molar-refractivity contribution in [1.29, 1.82) is 0 Å². The van der Waals surface area contributed by atoms with E-state index in [1.165, 1.54) is 229 Å². The van der Waals surface area contributed by atoms with E-state index in [1.807, 2.05) is 45.3 Å². The molecule has 0 amide bonds. The van der Waals surface area contributed by atoms with Gasteiger partial charge in [0, 0.05) is 103 Å². The van der Waals surface area contributed by atoms with E-state index in [9.17, 15) is 0 Å². The van der Waals surface area contributed by atoms with Gasteiger partial charge in [-0.05, 0) is 178 Å². The maximum atomic E-state index is 2.48. The van der Waals surface area contributed by atoms with Gasteiger partial charge in [0.1, 0.15) is 0 Å². The molecule has 0 aliphatic carbocycles. The largest absolute Gasteiger partial charge is 0.135 e. The van der Waals surface area contributed by atoms with Gasteiger partial charge in [-0.25, -0.2) is 0 Å². The predicted octanol–water partition coefficient (Wildman–Crippen LogP) is 35.3. The van der Waals surface area contributed by atoms with Crippen molar-refractivity contribution in [3.63, 3.8) is 0 Å². The topological polar surface area (TPSA) is 0 Å². The van der Waals surface area contributed by atoms with Gasteiger partial charge < -0.3 is 0 Å². The van der Waals surface area contributed by atoms with Crippen LogP contribution in [0, 0.1) is 0 Å². The van der Waals surface area contributed by atoms with Crippen LogP contribution in [-0.2, 0) is 16.2 Å². The Morgan fingerprint density at radius 3 is 0.661 bits per heavy atom. The lowest BCUT2D eigenvalue weighted by molar-refractivity contribution is 0.590. The predicted molar refractivity (Wildman–Crippen MR) is 525 cm³/mol. The molecule has 4 heterocycles. The molecule has 0 radical (unpaired) electrons. The van der Waals surface area contributed by atoms with Crippen LogP contribution in [0.25, 0.3) is 212 Å². The van der Waals surface area contributed by atoms with Gasteiger partial charge >= 0.3 is 0 Å². The standard InChI is InChI=1S/C42H30S2.2C36H28S/c1-42(2,3)25-22-23-30-35(24-25)39(34-19-11-17-32-27-13-7-9-21-37(27)44-41(32)34)29-15-5-4-14-28(29)38(30)33-18-10-16-31-26-12-6-8-20-36(26)43-40(31)33;1-36(2,3)24-21-19-23(20-22-24)33-26-12-4-6-14-28(26)34(29-15-7-5-13-27(29)33)31-17-10-16-30-25-11-8-9-18-32(25)37-35(30)31;1-36(2,3)24-20-21-28-31(22-24)33(23-12-5-4-6-13-23)26-15-7-8-16-27(26)34(28)30-18-11-17-29-25-14-9-10-19-32(25)37-35(29)30/h4-24H,1-3H3;2*4-22H,1-3H3. The van der Waals surface area contributed by atoms with E-state index in [-0.39, 0.29) is 16.2 Å². The summed E-state index contributed by atoms with van der Waals surface area (Å²) in [6, 6.07) is 133. The number of hydrogen-bond donors (Lipinski definition) is 0. The number of hydrogen-bond acceptors (Lipinski definition) is 4. The minimum absolute atomic E-state index is 0.0341. The van der Waals surface area contributed by atoms with Crippen LogP contribution in [0.5, 0.6) is 0 Å². The van der Waals surface area contributed by atoms with Crippen LogP contribution in [0.15, 0.2) is 358 Å². The highest BCUT2D eigenvalue weighted by Gasteiger charge is 2.28. The van der Waals surface area contributed by atoms with Crippen LogP contribution in [0.1, 0.15) is 79.0 Å². The zero-order valence-electron chi connectivity index (χ0n) is 67.7. The lowest BCUT2D eigenvalue weighted by Crippen LogP contribution is -2.10. The van der Waals surface area contributed by atoms with E-state index in [1.54, 1.807) is 0 Å². The third kappa shape index (κ3) is 12.3. The van der Waals surface area contributed by atoms with Gasteiger partial charge in [0.15, 0.2) is 0 Å². The number of fused-ring (bicyclic) bond motifs is 18. The van der Waals surface area contributed by atoms with Crippen LogP contribution < -0.4 is 0 Å². The minimum Gasteiger partial charge on any atom is -0.135 e. The van der Waals surface area contributed by atoms with Crippen LogP contribution in [0.2, 0.25) is 0 Å². The second-order valence-corrected chi connectivity index (χ2v) is 39.0. The van der Waals surface area contributed by atoms with E-state index in [0.29, 0.717) is 0 Å². The summed E-state index contributed by atoms with van der Waals surface area (Å²) in [5.41, 5.74) is 20.1. The van der Waals surface area contributed by atoms with Crippen molar-refractivity contribution in [1.82, 2.24) is 0 Å². The third-order valence-corrected chi connectivity index (χ3v) is 29.4. The fraction of sp³-hybridized carbons (Fsp3) is 0.105. The Kier molecular flexibility index (Phi) is 17.9. The first-order valence-corrected chi connectivity index (χ1v) is 44.5. The molecule has 0 nitrogen and oxygen atoms in total. The highest BCUT2D eigenvalue weighted by molar-refractivity contribution is 7.27. The summed E-state index contributed by atoms with van der Waals surface area (Å²) in [5, 5.41) is 26.5. The summed E-state index contributed by atoms with van der Waals surface area (Å²) < 4.78 is 10.8. The number of rotatable bonds is 6. The molecule has 0 bridgehead atoms. The Morgan fingerprint density at radius 1 is 0.153 bits per heavy atom. The molecule has 0 fully saturated rings. The van der Waals surface area contributed by atoms with Gasteiger partial charge in [-0.2, -0.15) is 0 Å². The van der Waals surface area contributed by atoms with Gasteiger partial charge in [-0.1, -0.05) is 384 Å². The smallest absolute Gasteiger partial charge is 0.0434 e. The molecule has 0 saturated heterocycles. The fourth-order valence-corrected chi connectivity index (χ4v) is 23.6. The maximum Gasteiger partial charge on any atom is 0.0434 e. The summed E-state index contributed by atoms with van der Waals surface area (Å²) >= 11 is 7.64. The quantitative estimate of drug-likeness (QED) is 0.146. The van der Waals surface area contributed by atoms with E-state index in [2.05, 4.69) is 420 Å². The first-order chi connectivity index (χ1) is 57.5. The monoisotopic (exact) mass is 1580 g/mol. The molecule has 0 aliphatic heterocycles. The second kappa shape index (κ2) is 28.8. The summed E-state index contributed by atoms with van der Waals surface area (Å²) in [7, 11) is 0. The van der Waals surface area contributed by atoms with Gasteiger partial charge in [-0.15, -0.1) is 45.3 Å². The zero-order chi connectivity index (χ0) is 79.9. The van der Waals surface area contributed by atoms with Gasteiger partial charge in [0.25, 0.3) is 0 Å². The molecule has 118 heavy (non-hydrogen) atoms. The molecule has 0 aliphatic rings. The fourth-order valence-electron chi connectivity index (χ4n) is 18.7. The molecular formula is C114H86S4. The Bertz CT molecular complexity index is 7910. The molecule has 23 aromatic rings. The van der Waals surface area contributed by atoms with Crippen molar-refractivity contribution in [2.45, 2.75) is 78.6 Å². The SMILES string of the molecule is CC(C)(C)c1ccc(-c2c3ccccc3c(-c3cccc4c3sc3ccccc34)c3ccccc23)cc1.CC(C)(C)c1ccc2c(-c3cccc4c3sc3ccccc34)c3ccccc3c(-c3cccc4c3sc3ccccc34)c2c1.CC(C)(C)c1ccc2c(-c3cccc4c3sc3ccccc34)c3ccccc3c(-c3ccccc3)c2c1. The molecule has 0 atom stereocenters. The molecule has 0 N–H and O–H groups in total. The summed E-state index contributed by atoms with van der Waals surface area (Å²) in [5.74, 6) is 0.